The zero-order valence-corrected chi connectivity index (χ0v) is 14.6. The van der Waals surface area contributed by atoms with Gasteiger partial charge in [-0.25, -0.2) is 9.97 Å². The first-order valence-corrected chi connectivity index (χ1v) is 8.74. The van der Waals surface area contributed by atoms with Crippen LogP contribution in [0.5, 0.6) is 0 Å². The van der Waals surface area contributed by atoms with Gasteiger partial charge in [0.05, 0.1) is 30.0 Å². The Bertz CT molecular complexity index is 927. The summed E-state index contributed by atoms with van der Waals surface area (Å²) in [6.45, 7) is 2.49. The first kappa shape index (κ1) is 16.3. The van der Waals surface area contributed by atoms with E-state index in [0.717, 1.165) is 16.2 Å². The molecule has 118 valence electrons. The molecule has 0 amide bonds. The van der Waals surface area contributed by atoms with Crippen LogP contribution in [0.25, 0.3) is 10.9 Å². The Morgan fingerprint density at radius 3 is 2.83 bits per heavy atom. The van der Waals surface area contributed by atoms with E-state index < -0.39 is 0 Å². The molecule has 2 heterocycles. The van der Waals surface area contributed by atoms with Crippen LogP contribution in [0.1, 0.15) is 12.5 Å². The van der Waals surface area contributed by atoms with E-state index in [9.17, 15) is 4.79 Å². The molecule has 0 atom stereocenters. The second kappa shape index (κ2) is 6.91. The number of rotatable bonds is 4. The van der Waals surface area contributed by atoms with Crippen molar-refractivity contribution < 1.29 is 0 Å². The maximum absolute atomic E-state index is 12.6. The minimum absolute atomic E-state index is 0.147. The zero-order valence-electron chi connectivity index (χ0n) is 12.3. The Kier molecular flexibility index (Phi) is 4.90. The molecule has 4 nitrogen and oxygen atoms in total. The minimum atomic E-state index is -0.147. The van der Waals surface area contributed by atoms with Crippen LogP contribution < -0.4 is 5.56 Å². The quantitative estimate of drug-likeness (QED) is 0.511. The van der Waals surface area contributed by atoms with E-state index in [4.69, 9.17) is 23.2 Å². The molecule has 0 N–H and O–H groups in total. The average Bonchev–Trinajstić information content (AvgIpc) is 2.53. The molecular weight excluding hydrogens is 353 g/mol. The Balaban J connectivity index is 2.07. The smallest absolute Gasteiger partial charge is 0.261 e. The molecule has 2 aromatic heterocycles. The van der Waals surface area contributed by atoms with Gasteiger partial charge >= 0.3 is 0 Å². The van der Waals surface area contributed by atoms with Gasteiger partial charge in [0, 0.05) is 9.92 Å². The lowest BCUT2D eigenvalue weighted by molar-refractivity contribution is 0.738. The monoisotopic (exact) mass is 365 g/mol. The van der Waals surface area contributed by atoms with Crippen molar-refractivity contribution in [2.75, 3.05) is 5.75 Å². The second-order valence-electron chi connectivity index (χ2n) is 4.89. The van der Waals surface area contributed by atoms with Gasteiger partial charge < -0.3 is 0 Å². The molecule has 0 radical (unpaired) electrons. The highest BCUT2D eigenvalue weighted by atomic mass is 35.5. The predicted molar refractivity (Wildman–Crippen MR) is 95.8 cm³/mol. The highest BCUT2D eigenvalue weighted by molar-refractivity contribution is 7.99. The largest absolute Gasteiger partial charge is 0.294 e. The standard InChI is InChI=1S/C16H13Cl2N3OS/c1-2-23-14-4-3-11(17)5-10(14)8-21-9-20-13-7-19-15(18)6-12(13)16(21)22/h3-7,9H,2,8H2,1H3. The fourth-order valence-corrected chi connectivity index (χ4v) is 3.44. The summed E-state index contributed by atoms with van der Waals surface area (Å²) in [5, 5.41) is 1.38. The molecule has 0 bridgehead atoms. The van der Waals surface area contributed by atoms with Gasteiger partial charge in [0.1, 0.15) is 5.15 Å². The van der Waals surface area contributed by atoms with Gasteiger partial charge in [0.2, 0.25) is 0 Å². The van der Waals surface area contributed by atoms with Crippen molar-refractivity contribution in [3.8, 4) is 0 Å². The molecule has 3 aromatic rings. The summed E-state index contributed by atoms with van der Waals surface area (Å²) in [6.07, 6.45) is 3.03. The third-order valence-electron chi connectivity index (χ3n) is 3.34. The van der Waals surface area contributed by atoms with Crippen LogP contribution in [-0.4, -0.2) is 20.3 Å². The number of aromatic nitrogens is 3. The average molecular weight is 366 g/mol. The van der Waals surface area contributed by atoms with Crippen molar-refractivity contribution in [2.45, 2.75) is 18.4 Å². The van der Waals surface area contributed by atoms with Crippen LogP contribution in [0.3, 0.4) is 0 Å². The fraction of sp³-hybridized carbons (Fsp3) is 0.188. The van der Waals surface area contributed by atoms with E-state index >= 15 is 0 Å². The lowest BCUT2D eigenvalue weighted by Gasteiger charge is -2.11. The predicted octanol–water partition coefficient (Wildman–Crippen LogP) is 4.26. The maximum Gasteiger partial charge on any atom is 0.261 e. The van der Waals surface area contributed by atoms with Gasteiger partial charge in [-0.05, 0) is 35.6 Å². The van der Waals surface area contributed by atoms with Crippen LogP contribution in [0.2, 0.25) is 10.2 Å². The first-order valence-electron chi connectivity index (χ1n) is 7.00. The lowest BCUT2D eigenvalue weighted by atomic mass is 10.2. The lowest BCUT2D eigenvalue weighted by Crippen LogP contribution is -2.21. The number of nitrogens with zero attached hydrogens (tertiary/aromatic N) is 3. The van der Waals surface area contributed by atoms with Crippen LogP contribution in [0.4, 0.5) is 0 Å². The molecule has 3 rings (SSSR count). The molecule has 0 saturated heterocycles. The molecule has 0 spiro atoms. The van der Waals surface area contributed by atoms with Gasteiger partial charge in [0.25, 0.3) is 5.56 Å². The summed E-state index contributed by atoms with van der Waals surface area (Å²) in [4.78, 5) is 22.0. The highest BCUT2D eigenvalue weighted by Gasteiger charge is 2.09. The van der Waals surface area contributed by atoms with Gasteiger partial charge in [-0.1, -0.05) is 30.1 Å². The van der Waals surface area contributed by atoms with E-state index in [1.807, 2.05) is 18.2 Å². The third kappa shape index (κ3) is 3.52. The van der Waals surface area contributed by atoms with E-state index in [1.54, 1.807) is 22.4 Å². The van der Waals surface area contributed by atoms with Gasteiger partial charge in [-0.15, -0.1) is 11.8 Å². The van der Waals surface area contributed by atoms with Crippen molar-refractivity contribution >= 4 is 45.9 Å². The number of pyridine rings is 1. The Morgan fingerprint density at radius 1 is 1.22 bits per heavy atom. The Hall–Kier alpha value is -1.56. The molecule has 0 fully saturated rings. The molecule has 1 aromatic carbocycles. The number of fused-ring (bicyclic) bond motifs is 1. The number of thioether (sulfide) groups is 1. The number of benzene rings is 1. The maximum atomic E-state index is 12.6. The molecule has 0 aliphatic carbocycles. The highest BCUT2D eigenvalue weighted by Crippen LogP contribution is 2.26. The summed E-state index contributed by atoms with van der Waals surface area (Å²) in [6, 6.07) is 7.26. The molecule has 0 aliphatic rings. The van der Waals surface area contributed by atoms with Gasteiger partial charge in [-0.3, -0.25) is 9.36 Å². The summed E-state index contributed by atoms with van der Waals surface area (Å²) in [5.74, 6) is 0.945. The molecule has 7 heteroatoms. The Morgan fingerprint density at radius 2 is 2.04 bits per heavy atom. The van der Waals surface area contributed by atoms with Crippen LogP contribution in [0.15, 0.2) is 46.5 Å². The van der Waals surface area contributed by atoms with Crippen LogP contribution >= 0.6 is 35.0 Å². The first-order chi connectivity index (χ1) is 11.1. The number of hydrogen-bond acceptors (Lipinski definition) is 4. The number of hydrogen-bond donors (Lipinski definition) is 0. The van der Waals surface area contributed by atoms with Crippen LogP contribution in [0, 0.1) is 0 Å². The Labute approximate surface area is 147 Å². The van der Waals surface area contributed by atoms with Gasteiger partial charge in [0.15, 0.2) is 0 Å². The SMILES string of the molecule is CCSc1ccc(Cl)cc1Cn1cnc2cnc(Cl)cc2c1=O. The van der Waals surface area contributed by atoms with Crippen molar-refractivity contribution in [3.05, 3.63) is 62.9 Å². The summed E-state index contributed by atoms with van der Waals surface area (Å²) in [7, 11) is 0. The zero-order chi connectivity index (χ0) is 16.4. The summed E-state index contributed by atoms with van der Waals surface area (Å²) >= 11 is 13.7. The molecule has 23 heavy (non-hydrogen) atoms. The molecule has 0 saturated carbocycles. The van der Waals surface area contributed by atoms with Gasteiger partial charge in [-0.2, -0.15) is 0 Å². The van der Waals surface area contributed by atoms with E-state index in [1.165, 1.54) is 12.5 Å². The second-order valence-corrected chi connectivity index (χ2v) is 7.02. The third-order valence-corrected chi connectivity index (χ3v) is 4.78. The molecule has 0 aliphatic heterocycles. The summed E-state index contributed by atoms with van der Waals surface area (Å²) in [5.41, 5.74) is 1.38. The topological polar surface area (TPSA) is 47.8 Å². The van der Waals surface area contributed by atoms with Crippen molar-refractivity contribution in [3.63, 3.8) is 0 Å². The number of halogens is 2. The van der Waals surface area contributed by atoms with E-state index in [-0.39, 0.29) is 10.7 Å². The van der Waals surface area contributed by atoms with Crippen LogP contribution in [-0.2, 0) is 6.54 Å². The van der Waals surface area contributed by atoms with E-state index in [0.29, 0.717) is 22.5 Å². The van der Waals surface area contributed by atoms with Crippen molar-refractivity contribution in [1.82, 2.24) is 14.5 Å². The minimum Gasteiger partial charge on any atom is -0.294 e. The van der Waals surface area contributed by atoms with Crippen molar-refractivity contribution in [1.29, 1.82) is 0 Å². The van der Waals surface area contributed by atoms with E-state index in [2.05, 4.69) is 16.9 Å². The molecule has 0 unspecified atom stereocenters. The van der Waals surface area contributed by atoms with Crippen molar-refractivity contribution in [2.24, 2.45) is 0 Å². The fourth-order valence-electron chi connectivity index (χ4n) is 2.30. The summed E-state index contributed by atoms with van der Waals surface area (Å²) < 4.78 is 1.56. The molecular formula is C16H13Cl2N3OS. The normalized spacial score (nSPS) is 11.1.